The molecule has 1 aromatic heterocycles. The SMILES string of the molecule is Cc1ccc(C(=O)Nc2ccc(N)c(C)n2)cc1. The van der Waals surface area contributed by atoms with Gasteiger partial charge in [-0.05, 0) is 38.1 Å². The summed E-state index contributed by atoms with van der Waals surface area (Å²) in [6, 6.07) is 10.8. The Morgan fingerprint density at radius 3 is 2.39 bits per heavy atom. The number of nitrogens with two attached hydrogens (primary N) is 1. The zero-order chi connectivity index (χ0) is 13.1. The number of carbonyl (C=O) groups excluding carboxylic acids is 1. The van der Waals surface area contributed by atoms with Gasteiger partial charge in [-0.3, -0.25) is 4.79 Å². The van der Waals surface area contributed by atoms with Crippen LogP contribution >= 0.6 is 0 Å². The van der Waals surface area contributed by atoms with Gasteiger partial charge in [-0.15, -0.1) is 0 Å². The smallest absolute Gasteiger partial charge is 0.256 e. The molecule has 92 valence electrons. The van der Waals surface area contributed by atoms with E-state index in [0.29, 0.717) is 22.8 Å². The Labute approximate surface area is 106 Å². The van der Waals surface area contributed by atoms with Crippen molar-refractivity contribution < 1.29 is 4.79 Å². The average molecular weight is 241 g/mol. The maximum Gasteiger partial charge on any atom is 0.256 e. The van der Waals surface area contributed by atoms with E-state index in [2.05, 4.69) is 10.3 Å². The molecule has 0 saturated heterocycles. The predicted molar refractivity (Wildman–Crippen MR) is 72.5 cm³/mol. The number of amides is 1. The van der Waals surface area contributed by atoms with E-state index in [-0.39, 0.29) is 5.91 Å². The fourth-order valence-corrected chi connectivity index (χ4v) is 1.53. The molecule has 1 aromatic carbocycles. The summed E-state index contributed by atoms with van der Waals surface area (Å²) >= 11 is 0. The maximum atomic E-state index is 11.9. The summed E-state index contributed by atoms with van der Waals surface area (Å²) in [6.07, 6.45) is 0. The van der Waals surface area contributed by atoms with Crippen LogP contribution in [0.15, 0.2) is 36.4 Å². The molecule has 2 aromatic rings. The highest BCUT2D eigenvalue weighted by Crippen LogP contribution is 2.13. The Kier molecular flexibility index (Phi) is 3.28. The molecule has 0 saturated carbocycles. The van der Waals surface area contributed by atoms with Gasteiger partial charge in [-0.1, -0.05) is 17.7 Å². The van der Waals surface area contributed by atoms with Crippen LogP contribution in [0.1, 0.15) is 21.6 Å². The number of nitrogens with one attached hydrogen (secondary N) is 1. The molecule has 18 heavy (non-hydrogen) atoms. The molecule has 4 heteroatoms. The molecule has 2 rings (SSSR count). The van der Waals surface area contributed by atoms with E-state index >= 15 is 0 Å². The minimum absolute atomic E-state index is 0.174. The summed E-state index contributed by atoms with van der Waals surface area (Å²) in [7, 11) is 0. The van der Waals surface area contributed by atoms with Crippen molar-refractivity contribution in [1.82, 2.24) is 4.98 Å². The van der Waals surface area contributed by atoms with Gasteiger partial charge in [0.25, 0.3) is 5.91 Å². The van der Waals surface area contributed by atoms with Crippen molar-refractivity contribution in [2.45, 2.75) is 13.8 Å². The molecule has 0 aliphatic heterocycles. The van der Waals surface area contributed by atoms with Crippen molar-refractivity contribution in [1.29, 1.82) is 0 Å². The number of carbonyl (C=O) groups is 1. The second kappa shape index (κ2) is 4.87. The third-order valence-corrected chi connectivity index (χ3v) is 2.68. The lowest BCUT2D eigenvalue weighted by Gasteiger charge is -2.06. The molecule has 0 aliphatic carbocycles. The molecule has 0 aliphatic rings. The standard InChI is InChI=1S/C14H15N3O/c1-9-3-5-11(6-4-9)14(18)17-13-8-7-12(15)10(2)16-13/h3-8H,15H2,1-2H3,(H,16,17,18). The molecule has 3 N–H and O–H groups in total. The Bertz CT molecular complexity index is 576. The molecular formula is C14H15N3O. The Hall–Kier alpha value is -2.36. The number of hydrogen-bond acceptors (Lipinski definition) is 3. The number of nitrogen functional groups attached to an aromatic ring is 1. The third kappa shape index (κ3) is 2.66. The summed E-state index contributed by atoms with van der Waals surface area (Å²) in [5.41, 5.74) is 8.72. The molecular weight excluding hydrogens is 226 g/mol. The Morgan fingerprint density at radius 2 is 1.78 bits per heavy atom. The lowest BCUT2D eigenvalue weighted by molar-refractivity contribution is 0.102. The maximum absolute atomic E-state index is 11.9. The molecule has 0 spiro atoms. The molecule has 0 radical (unpaired) electrons. The Morgan fingerprint density at radius 1 is 1.11 bits per heavy atom. The first-order chi connectivity index (χ1) is 8.56. The molecule has 1 amide bonds. The first-order valence-corrected chi connectivity index (χ1v) is 5.67. The van der Waals surface area contributed by atoms with Gasteiger partial charge in [0.2, 0.25) is 0 Å². The summed E-state index contributed by atoms with van der Waals surface area (Å²) in [4.78, 5) is 16.1. The van der Waals surface area contributed by atoms with Gasteiger partial charge in [0.1, 0.15) is 5.82 Å². The molecule has 0 unspecified atom stereocenters. The largest absolute Gasteiger partial charge is 0.397 e. The summed E-state index contributed by atoms with van der Waals surface area (Å²) < 4.78 is 0. The highest BCUT2D eigenvalue weighted by molar-refractivity contribution is 6.03. The summed E-state index contributed by atoms with van der Waals surface area (Å²) in [5, 5.41) is 2.74. The first-order valence-electron chi connectivity index (χ1n) is 5.67. The van der Waals surface area contributed by atoms with Crippen LogP contribution < -0.4 is 11.1 Å². The van der Waals surface area contributed by atoms with E-state index < -0.39 is 0 Å². The zero-order valence-corrected chi connectivity index (χ0v) is 10.4. The van der Waals surface area contributed by atoms with Gasteiger partial charge in [-0.25, -0.2) is 4.98 Å². The van der Waals surface area contributed by atoms with Gasteiger partial charge >= 0.3 is 0 Å². The van der Waals surface area contributed by atoms with Crippen LogP contribution in [0, 0.1) is 13.8 Å². The zero-order valence-electron chi connectivity index (χ0n) is 10.4. The fraction of sp³-hybridized carbons (Fsp3) is 0.143. The van der Waals surface area contributed by atoms with Crippen LogP contribution in [0.3, 0.4) is 0 Å². The molecule has 0 fully saturated rings. The number of aryl methyl sites for hydroxylation is 2. The predicted octanol–water partition coefficient (Wildman–Crippen LogP) is 2.53. The molecule has 0 atom stereocenters. The lowest BCUT2D eigenvalue weighted by Crippen LogP contribution is -2.13. The fourth-order valence-electron chi connectivity index (χ4n) is 1.53. The number of nitrogens with zero attached hydrogens (tertiary/aromatic N) is 1. The van der Waals surface area contributed by atoms with Crippen molar-refractivity contribution in [2.75, 3.05) is 11.1 Å². The van der Waals surface area contributed by atoms with E-state index in [4.69, 9.17) is 5.73 Å². The van der Waals surface area contributed by atoms with Gasteiger partial charge in [-0.2, -0.15) is 0 Å². The van der Waals surface area contributed by atoms with Crippen LogP contribution in [0.2, 0.25) is 0 Å². The van der Waals surface area contributed by atoms with Crippen LogP contribution in [-0.4, -0.2) is 10.9 Å². The van der Waals surface area contributed by atoms with Crippen molar-refractivity contribution in [3.63, 3.8) is 0 Å². The minimum atomic E-state index is -0.174. The van der Waals surface area contributed by atoms with Crippen LogP contribution in [0.4, 0.5) is 11.5 Å². The number of hydrogen-bond donors (Lipinski definition) is 2. The molecule has 4 nitrogen and oxygen atoms in total. The lowest BCUT2D eigenvalue weighted by atomic mass is 10.1. The van der Waals surface area contributed by atoms with E-state index in [0.717, 1.165) is 5.56 Å². The average Bonchev–Trinajstić information content (AvgIpc) is 2.34. The number of anilines is 2. The first kappa shape index (κ1) is 12.1. The van der Waals surface area contributed by atoms with Crippen LogP contribution in [0.5, 0.6) is 0 Å². The molecule has 1 heterocycles. The number of rotatable bonds is 2. The van der Waals surface area contributed by atoms with Crippen molar-refractivity contribution in [3.8, 4) is 0 Å². The van der Waals surface area contributed by atoms with Crippen molar-refractivity contribution in [2.24, 2.45) is 0 Å². The van der Waals surface area contributed by atoms with E-state index in [1.54, 1.807) is 31.2 Å². The minimum Gasteiger partial charge on any atom is -0.397 e. The highest BCUT2D eigenvalue weighted by Gasteiger charge is 2.07. The molecule has 0 bridgehead atoms. The van der Waals surface area contributed by atoms with Gasteiger partial charge < -0.3 is 11.1 Å². The summed E-state index contributed by atoms with van der Waals surface area (Å²) in [6.45, 7) is 3.78. The Balaban J connectivity index is 2.16. The van der Waals surface area contributed by atoms with Crippen LogP contribution in [0.25, 0.3) is 0 Å². The number of aromatic nitrogens is 1. The normalized spacial score (nSPS) is 10.1. The highest BCUT2D eigenvalue weighted by atomic mass is 16.1. The number of pyridine rings is 1. The van der Waals surface area contributed by atoms with Crippen molar-refractivity contribution >= 4 is 17.4 Å². The monoisotopic (exact) mass is 241 g/mol. The van der Waals surface area contributed by atoms with E-state index in [9.17, 15) is 4.79 Å². The van der Waals surface area contributed by atoms with Crippen LogP contribution in [-0.2, 0) is 0 Å². The topological polar surface area (TPSA) is 68.0 Å². The van der Waals surface area contributed by atoms with Gasteiger partial charge in [0, 0.05) is 5.56 Å². The van der Waals surface area contributed by atoms with E-state index in [1.807, 2.05) is 19.1 Å². The van der Waals surface area contributed by atoms with Gasteiger partial charge in [0.05, 0.1) is 11.4 Å². The quantitative estimate of drug-likeness (QED) is 0.849. The van der Waals surface area contributed by atoms with Gasteiger partial charge in [0.15, 0.2) is 0 Å². The number of benzene rings is 1. The van der Waals surface area contributed by atoms with Crippen molar-refractivity contribution in [3.05, 3.63) is 53.2 Å². The second-order valence-corrected chi connectivity index (χ2v) is 4.19. The third-order valence-electron chi connectivity index (χ3n) is 2.68. The van der Waals surface area contributed by atoms with E-state index in [1.165, 1.54) is 0 Å². The second-order valence-electron chi connectivity index (χ2n) is 4.19. The summed E-state index contributed by atoms with van der Waals surface area (Å²) in [5.74, 6) is 0.332.